The Morgan fingerprint density at radius 1 is 1.35 bits per heavy atom. The molecule has 0 bridgehead atoms. The van der Waals surface area contributed by atoms with Crippen LogP contribution in [0, 0.1) is 0 Å². The molecule has 1 aliphatic rings. The van der Waals surface area contributed by atoms with Crippen LogP contribution in [0.15, 0.2) is 24.3 Å². The number of carbonyl (C=O) groups excluding carboxylic acids is 2. The summed E-state index contributed by atoms with van der Waals surface area (Å²) in [6.07, 6.45) is 1.36. The largest absolute Gasteiger partial charge is 0.490 e. The average Bonchev–Trinajstić information content (AvgIpc) is 2.50. The smallest absolute Gasteiger partial charge is 0.227 e. The number of para-hydroxylation sites is 2. The molecule has 1 N–H and O–H groups in total. The second kappa shape index (κ2) is 6.93. The number of anilines is 1. The number of hydrogen-bond donors (Lipinski definition) is 1. The van der Waals surface area contributed by atoms with E-state index < -0.39 is 0 Å². The molecule has 0 atom stereocenters. The van der Waals surface area contributed by atoms with Crippen molar-refractivity contribution in [1.29, 1.82) is 0 Å². The molecule has 1 aromatic carbocycles. The summed E-state index contributed by atoms with van der Waals surface area (Å²) in [5, 5.41) is 2.78. The topological polar surface area (TPSA) is 58.6 Å². The number of fused-ring (bicyclic) bond motifs is 1. The van der Waals surface area contributed by atoms with E-state index in [1.165, 1.54) is 0 Å². The summed E-state index contributed by atoms with van der Waals surface area (Å²) in [5.41, 5.74) is 0.790. The van der Waals surface area contributed by atoms with Gasteiger partial charge in [0, 0.05) is 20.8 Å². The fraction of sp³-hybridized carbons (Fsp3) is 0.467. The van der Waals surface area contributed by atoms with Gasteiger partial charge in [-0.3, -0.25) is 9.59 Å². The molecule has 0 fully saturated rings. The molecule has 0 unspecified atom stereocenters. The second-order valence-corrected chi connectivity index (χ2v) is 4.71. The fourth-order valence-corrected chi connectivity index (χ4v) is 2.14. The Bertz CT molecular complexity index is 494. The molecule has 5 nitrogen and oxygen atoms in total. The van der Waals surface area contributed by atoms with Crippen LogP contribution in [0.1, 0.15) is 27.6 Å². The van der Waals surface area contributed by atoms with E-state index in [0.717, 1.165) is 17.9 Å². The second-order valence-electron chi connectivity index (χ2n) is 4.71. The maximum Gasteiger partial charge on any atom is 0.227 e. The first kappa shape index (κ1) is 14.4. The van der Waals surface area contributed by atoms with E-state index in [9.17, 15) is 9.59 Å². The van der Waals surface area contributed by atoms with E-state index in [1.54, 1.807) is 4.90 Å². The van der Waals surface area contributed by atoms with Crippen molar-refractivity contribution in [3.63, 3.8) is 0 Å². The number of nitrogens with zero attached hydrogens (tertiary/aromatic N) is 1. The summed E-state index contributed by atoms with van der Waals surface area (Å²) in [5.74, 6) is 0.622. The summed E-state index contributed by atoms with van der Waals surface area (Å²) in [6, 6.07) is 7.47. The van der Waals surface area contributed by atoms with Crippen LogP contribution in [-0.2, 0) is 9.59 Å². The maximum atomic E-state index is 12.2. The van der Waals surface area contributed by atoms with Crippen LogP contribution in [0.2, 0.25) is 0 Å². The molecule has 0 saturated heterocycles. The number of ether oxygens (including phenoxy) is 1. The Hall–Kier alpha value is -2.04. The lowest BCUT2D eigenvalue weighted by Gasteiger charge is -2.29. The normalized spacial score (nSPS) is 13.3. The van der Waals surface area contributed by atoms with Crippen molar-refractivity contribution in [1.82, 2.24) is 5.32 Å². The van der Waals surface area contributed by atoms with Crippen LogP contribution in [0.25, 0.3) is 0 Å². The third-order valence-corrected chi connectivity index (χ3v) is 3.17. The van der Waals surface area contributed by atoms with Crippen molar-refractivity contribution in [3.8, 4) is 5.75 Å². The van der Waals surface area contributed by atoms with Gasteiger partial charge in [-0.1, -0.05) is 19.1 Å². The monoisotopic (exact) mass is 278 g/mol. The number of rotatable bonds is 5. The van der Waals surface area contributed by atoms with Crippen LogP contribution in [0.5, 0.6) is 5.75 Å². The van der Waals surface area contributed by atoms with Gasteiger partial charge in [-0.15, -0.1) is 0 Å². The summed E-state index contributed by atoms with van der Waals surface area (Å²) < 4.78 is 5.51. The molecule has 2 amide bonds. The highest BCUT2D eigenvalue weighted by atomic mass is 16.5. The number of hydrogen-bond acceptors (Lipinski definition) is 3. The predicted octanol–water partition coefficient (Wildman–Crippen LogP) is 1.96. The van der Waals surface area contributed by atoms with E-state index in [0.29, 0.717) is 19.7 Å². The zero-order valence-corrected chi connectivity index (χ0v) is 11.7. The average molecular weight is 278 g/mol. The third kappa shape index (κ3) is 3.50. The molecular formula is C15H22N2O3. The van der Waals surface area contributed by atoms with Crippen molar-refractivity contribution < 1.29 is 15.8 Å². The van der Waals surface area contributed by atoms with Gasteiger partial charge < -0.3 is 15.0 Å². The van der Waals surface area contributed by atoms with Crippen LogP contribution in [0.4, 0.5) is 5.69 Å². The Morgan fingerprint density at radius 3 is 2.95 bits per heavy atom. The standard InChI is InChI=1S/C15H20N2O3.H2/c1-2-9-16-14(18)7-8-15(19)17-10-11-20-13-6-4-3-5-12(13)17;/h3-6H,2,7-11H2,1H3,(H,16,18);1H. The lowest BCUT2D eigenvalue weighted by atomic mass is 10.2. The number of nitrogens with one attached hydrogen (secondary N) is 1. The minimum absolute atomic E-state index is 0. The van der Waals surface area contributed by atoms with E-state index in [2.05, 4.69) is 5.32 Å². The third-order valence-electron chi connectivity index (χ3n) is 3.17. The molecule has 1 aromatic rings. The highest BCUT2D eigenvalue weighted by Crippen LogP contribution is 2.31. The Morgan fingerprint density at radius 2 is 2.15 bits per heavy atom. The van der Waals surface area contributed by atoms with E-state index in [-0.39, 0.29) is 26.1 Å². The molecule has 0 saturated carbocycles. The molecule has 0 aromatic heterocycles. The molecule has 5 heteroatoms. The van der Waals surface area contributed by atoms with Crippen LogP contribution >= 0.6 is 0 Å². The Balaban J connectivity index is 0.00000220. The van der Waals surface area contributed by atoms with Gasteiger partial charge in [0.15, 0.2) is 0 Å². The zero-order chi connectivity index (χ0) is 14.4. The molecule has 0 radical (unpaired) electrons. The maximum absolute atomic E-state index is 12.2. The van der Waals surface area contributed by atoms with Crippen molar-refractivity contribution in [2.45, 2.75) is 26.2 Å². The molecule has 0 aliphatic carbocycles. The number of carbonyl (C=O) groups is 2. The van der Waals surface area contributed by atoms with Crippen molar-refractivity contribution in [2.24, 2.45) is 0 Å². The van der Waals surface area contributed by atoms with Crippen LogP contribution in [0.3, 0.4) is 0 Å². The molecule has 110 valence electrons. The van der Waals surface area contributed by atoms with Gasteiger partial charge >= 0.3 is 0 Å². The van der Waals surface area contributed by atoms with Gasteiger partial charge in [0.05, 0.1) is 12.2 Å². The van der Waals surface area contributed by atoms with E-state index in [1.807, 2.05) is 31.2 Å². The Labute approximate surface area is 120 Å². The van der Waals surface area contributed by atoms with Crippen molar-refractivity contribution in [3.05, 3.63) is 24.3 Å². The minimum Gasteiger partial charge on any atom is -0.490 e. The summed E-state index contributed by atoms with van der Waals surface area (Å²) in [6.45, 7) is 3.68. The zero-order valence-electron chi connectivity index (χ0n) is 11.7. The summed E-state index contributed by atoms with van der Waals surface area (Å²) in [7, 11) is 0. The highest BCUT2D eigenvalue weighted by Gasteiger charge is 2.23. The van der Waals surface area contributed by atoms with Gasteiger partial charge in [0.1, 0.15) is 12.4 Å². The first-order chi connectivity index (χ1) is 9.72. The van der Waals surface area contributed by atoms with Gasteiger partial charge in [0.25, 0.3) is 0 Å². The highest BCUT2D eigenvalue weighted by molar-refractivity contribution is 5.97. The lowest BCUT2D eigenvalue weighted by molar-refractivity contribution is -0.125. The van der Waals surface area contributed by atoms with Gasteiger partial charge in [0.2, 0.25) is 11.8 Å². The van der Waals surface area contributed by atoms with E-state index >= 15 is 0 Å². The van der Waals surface area contributed by atoms with E-state index in [4.69, 9.17) is 4.74 Å². The number of benzene rings is 1. The summed E-state index contributed by atoms with van der Waals surface area (Å²) >= 11 is 0. The molecule has 1 aliphatic heterocycles. The molecule has 20 heavy (non-hydrogen) atoms. The summed E-state index contributed by atoms with van der Waals surface area (Å²) in [4.78, 5) is 25.5. The molecule has 1 heterocycles. The van der Waals surface area contributed by atoms with Crippen LogP contribution in [-0.4, -0.2) is 31.5 Å². The SMILES string of the molecule is CCCNC(=O)CCC(=O)N1CCOc2ccccc21.[HH]. The van der Waals surface area contributed by atoms with Crippen molar-refractivity contribution in [2.75, 3.05) is 24.6 Å². The fourth-order valence-electron chi connectivity index (χ4n) is 2.14. The minimum atomic E-state index is -0.0678. The van der Waals surface area contributed by atoms with Crippen molar-refractivity contribution >= 4 is 17.5 Å². The van der Waals surface area contributed by atoms with Gasteiger partial charge in [-0.2, -0.15) is 0 Å². The van der Waals surface area contributed by atoms with Gasteiger partial charge in [-0.25, -0.2) is 0 Å². The number of amides is 2. The Kier molecular flexibility index (Phi) is 4.98. The molecular weight excluding hydrogens is 256 g/mol. The first-order valence-electron chi connectivity index (χ1n) is 7.01. The van der Waals surface area contributed by atoms with Gasteiger partial charge in [-0.05, 0) is 18.6 Å². The molecule has 0 spiro atoms. The van der Waals surface area contributed by atoms with Crippen LogP contribution < -0.4 is 15.0 Å². The predicted molar refractivity (Wildman–Crippen MR) is 78.9 cm³/mol. The molecule has 2 rings (SSSR count). The lowest BCUT2D eigenvalue weighted by Crippen LogP contribution is -2.38. The quantitative estimate of drug-likeness (QED) is 0.895. The first-order valence-corrected chi connectivity index (χ1v) is 7.01.